The highest BCUT2D eigenvalue weighted by molar-refractivity contribution is 6.79. The molecule has 0 aromatic rings. The van der Waals surface area contributed by atoms with Crippen molar-refractivity contribution in [3.8, 4) is 0 Å². The number of hydrogen-bond donors (Lipinski definition) is 0. The third-order valence-electron chi connectivity index (χ3n) is 4.13. The standard InChI is InChI=1S/C12H27NSi/c1-10(2)13-9-11(3)8-12(13,4)14(5,6)7/h10-11H,8-9H2,1-7H3/t11-,12?/m0/s1. The van der Waals surface area contributed by atoms with Gasteiger partial charge in [0.05, 0.1) is 8.07 Å². The van der Waals surface area contributed by atoms with E-state index < -0.39 is 8.07 Å². The van der Waals surface area contributed by atoms with Gasteiger partial charge in [-0.2, -0.15) is 0 Å². The first-order valence-corrected chi connectivity index (χ1v) is 9.45. The molecule has 1 unspecified atom stereocenters. The van der Waals surface area contributed by atoms with Gasteiger partial charge in [0.2, 0.25) is 0 Å². The lowest BCUT2D eigenvalue weighted by Gasteiger charge is -2.46. The molecule has 0 aromatic heterocycles. The summed E-state index contributed by atoms with van der Waals surface area (Å²) in [5.74, 6) is 0.883. The molecule has 1 aliphatic heterocycles. The van der Waals surface area contributed by atoms with Crippen LogP contribution < -0.4 is 0 Å². The fourth-order valence-electron chi connectivity index (χ4n) is 2.92. The lowest BCUT2D eigenvalue weighted by atomic mass is 10.1. The second kappa shape index (κ2) is 3.64. The number of nitrogens with zero attached hydrogens (tertiary/aromatic N) is 1. The minimum atomic E-state index is -1.09. The van der Waals surface area contributed by atoms with Gasteiger partial charge in [-0.05, 0) is 33.1 Å². The van der Waals surface area contributed by atoms with Crippen molar-refractivity contribution in [3.63, 3.8) is 0 Å². The predicted octanol–water partition coefficient (Wildman–Crippen LogP) is 3.37. The van der Waals surface area contributed by atoms with Crippen LogP contribution in [0.1, 0.15) is 34.1 Å². The Hall–Kier alpha value is 0.177. The first-order valence-electron chi connectivity index (χ1n) is 5.95. The Bertz CT molecular complexity index is 207. The molecule has 1 aliphatic rings. The van der Waals surface area contributed by atoms with Crippen molar-refractivity contribution in [2.45, 2.75) is 65.0 Å². The fraction of sp³-hybridized carbons (Fsp3) is 1.00. The summed E-state index contributed by atoms with van der Waals surface area (Å²) in [7, 11) is -1.09. The van der Waals surface area contributed by atoms with Gasteiger partial charge in [-0.3, -0.25) is 4.90 Å². The van der Waals surface area contributed by atoms with Gasteiger partial charge in [0.25, 0.3) is 0 Å². The van der Waals surface area contributed by atoms with Gasteiger partial charge in [-0.1, -0.05) is 26.6 Å². The van der Waals surface area contributed by atoms with Crippen molar-refractivity contribution in [1.29, 1.82) is 0 Å². The largest absolute Gasteiger partial charge is 0.298 e. The second-order valence-electron chi connectivity index (χ2n) is 6.58. The molecule has 2 heteroatoms. The topological polar surface area (TPSA) is 3.24 Å². The van der Waals surface area contributed by atoms with E-state index >= 15 is 0 Å². The van der Waals surface area contributed by atoms with Crippen LogP contribution in [-0.2, 0) is 0 Å². The van der Waals surface area contributed by atoms with Crippen LogP contribution in [0.4, 0.5) is 0 Å². The molecule has 0 bridgehead atoms. The third-order valence-corrected chi connectivity index (χ3v) is 7.85. The molecule has 0 amide bonds. The molecule has 0 radical (unpaired) electrons. The summed E-state index contributed by atoms with van der Waals surface area (Å²) in [5.41, 5.74) is 0. The summed E-state index contributed by atoms with van der Waals surface area (Å²) in [6.45, 7) is 18.4. The van der Waals surface area contributed by atoms with Crippen molar-refractivity contribution in [2.24, 2.45) is 5.92 Å². The lowest BCUT2D eigenvalue weighted by Crippen LogP contribution is -2.60. The first kappa shape index (κ1) is 12.2. The zero-order valence-electron chi connectivity index (χ0n) is 11.0. The van der Waals surface area contributed by atoms with Crippen molar-refractivity contribution >= 4 is 8.07 Å². The number of likely N-dealkylation sites (tertiary alicyclic amines) is 1. The molecule has 0 spiro atoms. The Labute approximate surface area is 90.9 Å². The second-order valence-corrected chi connectivity index (χ2v) is 12.2. The van der Waals surface area contributed by atoms with Crippen LogP contribution in [0.25, 0.3) is 0 Å². The average Bonchev–Trinajstić information content (AvgIpc) is 2.25. The molecule has 0 aliphatic carbocycles. The Morgan fingerprint density at radius 2 is 1.79 bits per heavy atom. The minimum absolute atomic E-state index is 0.514. The smallest absolute Gasteiger partial charge is 0.0674 e. The summed E-state index contributed by atoms with van der Waals surface area (Å²) in [6, 6.07) is 0.705. The molecule has 14 heavy (non-hydrogen) atoms. The van der Waals surface area contributed by atoms with Crippen molar-refractivity contribution in [3.05, 3.63) is 0 Å². The summed E-state index contributed by atoms with van der Waals surface area (Å²) in [4.78, 5) is 2.75. The maximum Gasteiger partial charge on any atom is 0.0674 e. The van der Waals surface area contributed by atoms with Crippen LogP contribution >= 0.6 is 0 Å². The summed E-state index contributed by atoms with van der Waals surface area (Å²) in [5, 5.41) is 0.514. The fourth-order valence-corrected chi connectivity index (χ4v) is 5.09. The highest BCUT2D eigenvalue weighted by atomic mass is 28.3. The lowest BCUT2D eigenvalue weighted by molar-refractivity contribution is 0.174. The van der Waals surface area contributed by atoms with E-state index in [9.17, 15) is 0 Å². The van der Waals surface area contributed by atoms with E-state index in [0.29, 0.717) is 11.2 Å². The Morgan fingerprint density at radius 3 is 2.07 bits per heavy atom. The third kappa shape index (κ3) is 1.92. The van der Waals surface area contributed by atoms with E-state index in [-0.39, 0.29) is 0 Å². The molecule has 84 valence electrons. The molecule has 0 aromatic carbocycles. The quantitative estimate of drug-likeness (QED) is 0.636. The Balaban J connectivity index is 2.95. The van der Waals surface area contributed by atoms with Crippen molar-refractivity contribution < 1.29 is 0 Å². The average molecular weight is 213 g/mol. The molecule has 2 atom stereocenters. The molecule has 1 fully saturated rings. The highest BCUT2D eigenvalue weighted by Crippen LogP contribution is 2.40. The van der Waals surface area contributed by atoms with E-state index in [0.717, 1.165) is 5.92 Å². The molecular formula is C12H27NSi. The molecule has 0 N–H and O–H groups in total. The Kier molecular flexibility index (Phi) is 3.18. The predicted molar refractivity (Wildman–Crippen MR) is 67.4 cm³/mol. The molecule has 1 nitrogen and oxygen atoms in total. The summed E-state index contributed by atoms with van der Waals surface area (Å²) in [6.07, 6.45) is 1.40. The zero-order chi connectivity index (χ0) is 11.1. The van der Waals surface area contributed by atoms with Gasteiger partial charge in [-0.15, -0.1) is 0 Å². The van der Waals surface area contributed by atoms with Gasteiger partial charge in [0, 0.05) is 17.7 Å². The van der Waals surface area contributed by atoms with Crippen molar-refractivity contribution in [1.82, 2.24) is 4.90 Å². The Morgan fingerprint density at radius 1 is 1.29 bits per heavy atom. The molecular weight excluding hydrogens is 186 g/mol. The van der Waals surface area contributed by atoms with Gasteiger partial charge in [0.15, 0.2) is 0 Å². The van der Waals surface area contributed by atoms with Crippen molar-refractivity contribution in [2.75, 3.05) is 6.54 Å². The normalized spacial score (nSPS) is 35.6. The van der Waals surface area contributed by atoms with E-state index in [1.54, 1.807) is 0 Å². The van der Waals surface area contributed by atoms with Gasteiger partial charge < -0.3 is 0 Å². The van der Waals surface area contributed by atoms with Crippen LogP contribution in [0.15, 0.2) is 0 Å². The molecule has 0 saturated carbocycles. The monoisotopic (exact) mass is 213 g/mol. The first-order chi connectivity index (χ1) is 6.18. The maximum atomic E-state index is 2.75. The maximum absolute atomic E-state index is 2.75. The summed E-state index contributed by atoms with van der Waals surface area (Å²) >= 11 is 0. The van der Waals surface area contributed by atoms with Gasteiger partial charge in [-0.25, -0.2) is 0 Å². The molecule has 1 heterocycles. The summed E-state index contributed by atoms with van der Waals surface area (Å²) < 4.78 is 0. The molecule has 1 rings (SSSR count). The highest BCUT2D eigenvalue weighted by Gasteiger charge is 2.49. The van der Waals surface area contributed by atoms with Crippen LogP contribution in [0.3, 0.4) is 0 Å². The van der Waals surface area contributed by atoms with Crippen LogP contribution in [-0.4, -0.2) is 30.7 Å². The van der Waals surface area contributed by atoms with Crippen LogP contribution in [0.2, 0.25) is 19.6 Å². The van der Waals surface area contributed by atoms with Gasteiger partial charge >= 0.3 is 0 Å². The minimum Gasteiger partial charge on any atom is -0.298 e. The number of hydrogen-bond acceptors (Lipinski definition) is 1. The van der Waals surface area contributed by atoms with E-state index in [4.69, 9.17) is 0 Å². The van der Waals surface area contributed by atoms with E-state index in [1.807, 2.05) is 0 Å². The van der Waals surface area contributed by atoms with Crippen LogP contribution in [0.5, 0.6) is 0 Å². The number of rotatable bonds is 2. The zero-order valence-corrected chi connectivity index (χ0v) is 12.0. The molecule has 1 saturated heterocycles. The van der Waals surface area contributed by atoms with Crippen LogP contribution in [0, 0.1) is 5.92 Å². The SMILES string of the molecule is CC(C)N1C[C@@H](C)CC1(C)[Si](C)(C)C. The van der Waals surface area contributed by atoms with E-state index in [2.05, 4.69) is 52.2 Å². The van der Waals surface area contributed by atoms with Gasteiger partial charge in [0.1, 0.15) is 0 Å². The van der Waals surface area contributed by atoms with E-state index in [1.165, 1.54) is 13.0 Å².